The Morgan fingerprint density at radius 2 is 1.79 bits per heavy atom. The van der Waals surface area contributed by atoms with Gasteiger partial charge in [-0.15, -0.1) is 0 Å². The van der Waals surface area contributed by atoms with Gasteiger partial charge in [0, 0.05) is 21.7 Å². The summed E-state index contributed by atoms with van der Waals surface area (Å²) in [5, 5.41) is 0.556. The number of rotatable bonds is 4. The Kier molecular flexibility index (Phi) is 5.31. The van der Waals surface area contributed by atoms with Crippen LogP contribution in [0.25, 0.3) is 17.4 Å². The van der Waals surface area contributed by atoms with E-state index >= 15 is 0 Å². The highest BCUT2D eigenvalue weighted by Crippen LogP contribution is 2.35. The van der Waals surface area contributed by atoms with Gasteiger partial charge in [-0.25, -0.2) is 0 Å². The number of imide groups is 1. The van der Waals surface area contributed by atoms with Gasteiger partial charge in [0.05, 0.1) is 11.4 Å². The fourth-order valence-electron chi connectivity index (χ4n) is 2.77. The van der Waals surface area contributed by atoms with E-state index in [1.165, 1.54) is 0 Å². The van der Waals surface area contributed by atoms with Crippen LogP contribution in [0.5, 0.6) is 0 Å². The summed E-state index contributed by atoms with van der Waals surface area (Å²) in [5.74, 6) is 0.826. The van der Waals surface area contributed by atoms with Crippen molar-refractivity contribution in [1.29, 1.82) is 0 Å². The molecule has 0 bridgehead atoms. The standard InChI is InChI=1S/C21H13Cl2NO3S/c22-15-7-6-14(17(23)10-15)12-24-20(25)19(28-21(24)26)11-16-8-9-18(27-16)13-4-2-1-3-5-13/h1-11H,12H2/b19-11-. The van der Waals surface area contributed by atoms with Gasteiger partial charge >= 0.3 is 0 Å². The zero-order valence-electron chi connectivity index (χ0n) is 14.4. The third-order valence-electron chi connectivity index (χ3n) is 4.18. The second kappa shape index (κ2) is 7.87. The number of furan rings is 1. The summed E-state index contributed by atoms with van der Waals surface area (Å²) in [6.07, 6.45) is 1.58. The summed E-state index contributed by atoms with van der Waals surface area (Å²) in [6.45, 7) is 0.0887. The summed E-state index contributed by atoms with van der Waals surface area (Å²) in [5.41, 5.74) is 1.59. The molecule has 3 aromatic rings. The Morgan fingerprint density at radius 3 is 2.54 bits per heavy atom. The summed E-state index contributed by atoms with van der Waals surface area (Å²) < 4.78 is 5.79. The molecule has 0 N–H and O–H groups in total. The number of benzene rings is 2. The molecule has 140 valence electrons. The van der Waals surface area contributed by atoms with E-state index in [1.807, 2.05) is 36.4 Å². The predicted octanol–water partition coefficient (Wildman–Crippen LogP) is 6.49. The molecular formula is C21H13Cl2NO3S. The number of amides is 2. The molecular weight excluding hydrogens is 417 g/mol. The van der Waals surface area contributed by atoms with E-state index < -0.39 is 0 Å². The van der Waals surface area contributed by atoms with Gasteiger partial charge in [-0.05, 0) is 41.6 Å². The lowest BCUT2D eigenvalue weighted by Crippen LogP contribution is -2.27. The largest absolute Gasteiger partial charge is 0.457 e. The first-order chi connectivity index (χ1) is 13.5. The van der Waals surface area contributed by atoms with Gasteiger partial charge < -0.3 is 4.42 Å². The molecule has 1 fully saturated rings. The molecule has 1 aromatic heterocycles. The van der Waals surface area contributed by atoms with Crippen LogP contribution >= 0.6 is 35.0 Å². The molecule has 4 nitrogen and oxygen atoms in total. The van der Waals surface area contributed by atoms with Crippen molar-refractivity contribution in [3.05, 3.63) is 86.9 Å². The number of halogens is 2. The lowest BCUT2D eigenvalue weighted by molar-refractivity contribution is -0.123. The van der Waals surface area contributed by atoms with Crippen LogP contribution in [-0.2, 0) is 11.3 Å². The third kappa shape index (κ3) is 3.87. The molecule has 0 unspecified atom stereocenters. The molecule has 0 atom stereocenters. The van der Waals surface area contributed by atoms with Crippen LogP contribution in [0.4, 0.5) is 4.79 Å². The molecule has 2 amide bonds. The van der Waals surface area contributed by atoms with Gasteiger partial charge in [0.15, 0.2) is 0 Å². The Hall–Kier alpha value is -2.47. The van der Waals surface area contributed by atoms with E-state index in [0.29, 0.717) is 32.0 Å². The summed E-state index contributed by atoms with van der Waals surface area (Å²) in [6, 6.07) is 18.2. The first-order valence-corrected chi connectivity index (χ1v) is 9.93. The topological polar surface area (TPSA) is 50.5 Å². The summed E-state index contributed by atoms with van der Waals surface area (Å²) in [4.78, 5) is 26.5. The van der Waals surface area contributed by atoms with Gasteiger partial charge in [-0.1, -0.05) is 59.6 Å². The van der Waals surface area contributed by atoms with Crippen LogP contribution < -0.4 is 0 Å². The average molecular weight is 430 g/mol. The van der Waals surface area contributed by atoms with Crippen molar-refractivity contribution >= 4 is 52.2 Å². The Balaban J connectivity index is 1.54. The van der Waals surface area contributed by atoms with Crippen molar-refractivity contribution < 1.29 is 14.0 Å². The highest BCUT2D eigenvalue weighted by atomic mass is 35.5. The van der Waals surface area contributed by atoms with E-state index in [2.05, 4.69) is 0 Å². The number of thioether (sulfide) groups is 1. The zero-order chi connectivity index (χ0) is 19.7. The van der Waals surface area contributed by atoms with Gasteiger partial charge in [0.2, 0.25) is 0 Å². The van der Waals surface area contributed by atoms with Gasteiger partial charge in [0.25, 0.3) is 11.1 Å². The van der Waals surface area contributed by atoms with Crippen molar-refractivity contribution in [2.75, 3.05) is 0 Å². The molecule has 2 aromatic carbocycles. The third-order valence-corrected chi connectivity index (χ3v) is 5.67. The van der Waals surface area contributed by atoms with Crippen molar-refractivity contribution in [2.24, 2.45) is 0 Å². The van der Waals surface area contributed by atoms with E-state index in [0.717, 1.165) is 22.2 Å². The van der Waals surface area contributed by atoms with Crippen LogP contribution in [0.2, 0.25) is 10.0 Å². The Morgan fingerprint density at radius 1 is 1.00 bits per heavy atom. The lowest BCUT2D eigenvalue weighted by Gasteiger charge is -2.13. The quantitative estimate of drug-likeness (QED) is 0.444. The minimum Gasteiger partial charge on any atom is -0.457 e. The van der Waals surface area contributed by atoms with Gasteiger partial charge in [0.1, 0.15) is 11.5 Å². The lowest BCUT2D eigenvalue weighted by atomic mass is 10.2. The molecule has 0 spiro atoms. The van der Waals surface area contributed by atoms with Crippen LogP contribution in [0.15, 0.2) is 70.0 Å². The maximum Gasteiger partial charge on any atom is 0.293 e. The summed E-state index contributed by atoms with van der Waals surface area (Å²) >= 11 is 12.9. The highest BCUT2D eigenvalue weighted by Gasteiger charge is 2.35. The average Bonchev–Trinajstić information content (AvgIpc) is 3.25. The molecule has 4 rings (SSSR count). The number of carbonyl (C=O) groups excluding carboxylic acids is 2. The maximum absolute atomic E-state index is 12.7. The van der Waals surface area contributed by atoms with Crippen LogP contribution in [0, 0.1) is 0 Å². The molecule has 1 aliphatic rings. The fourth-order valence-corrected chi connectivity index (χ4v) is 4.06. The molecule has 0 saturated carbocycles. The first kappa shape index (κ1) is 18.9. The normalized spacial score (nSPS) is 15.6. The van der Waals surface area contributed by atoms with Crippen molar-refractivity contribution in [2.45, 2.75) is 6.54 Å². The number of hydrogen-bond acceptors (Lipinski definition) is 4. The highest BCUT2D eigenvalue weighted by molar-refractivity contribution is 8.18. The van der Waals surface area contributed by atoms with Crippen molar-refractivity contribution in [3.8, 4) is 11.3 Å². The zero-order valence-corrected chi connectivity index (χ0v) is 16.7. The first-order valence-electron chi connectivity index (χ1n) is 8.36. The Labute approximate surface area is 175 Å². The molecule has 0 radical (unpaired) electrons. The van der Waals surface area contributed by atoms with Crippen LogP contribution in [-0.4, -0.2) is 16.0 Å². The second-order valence-electron chi connectivity index (χ2n) is 6.07. The summed E-state index contributed by atoms with van der Waals surface area (Å²) in [7, 11) is 0. The molecule has 2 heterocycles. The Bertz CT molecular complexity index is 1090. The number of hydrogen-bond donors (Lipinski definition) is 0. The van der Waals surface area contributed by atoms with Gasteiger partial charge in [-0.3, -0.25) is 14.5 Å². The van der Waals surface area contributed by atoms with Gasteiger partial charge in [-0.2, -0.15) is 0 Å². The van der Waals surface area contributed by atoms with Crippen molar-refractivity contribution in [1.82, 2.24) is 4.90 Å². The molecule has 28 heavy (non-hydrogen) atoms. The monoisotopic (exact) mass is 429 g/mol. The molecule has 7 heteroatoms. The van der Waals surface area contributed by atoms with E-state index in [4.69, 9.17) is 27.6 Å². The smallest absolute Gasteiger partial charge is 0.293 e. The van der Waals surface area contributed by atoms with Crippen LogP contribution in [0.3, 0.4) is 0 Å². The maximum atomic E-state index is 12.7. The van der Waals surface area contributed by atoms with Crippen molar-refractivity contribution in [3.63, 3.8) is 0 Å². The molecule has 1 aliphatic heterocycles. The van der Waals surface area contributed by atoms with E-state index in [1.54, 1.807) is 30.3 Å². The van der Waals surface area contributed by atoms with E-state index in [-0.39, 0.29) is 17.7 Å². The fraction of sp³-hybridized carbons (Fsp3) is 0.0476. The minimum atomic E-state index is -0.376. The molecule has 0 aliphatic carbocycles. The SMILES string of the molecule is O=C1S/C(=C\c2ccc(-c3ccccc3)o2)C(=O)N1Cc1ccc(Cl)cc1Cl. The molecule has 1 saturated heterocycles. The number of carbonyl (C=O) groups is 2. The van der Waals surface area contributed by atoms with E-state index in [9.17, 15) is 9.59 Å². The predicted molar refractivity (Wildman–Crippen MR) is 112 cm³/mol. The minimum absolute atomic E-state index is 0.0887. The second-order valence-corrected chi connectivity index (χ2v) is 7.91. The van der Waals surface area contributed by atoms with Crippen LogP contribution in [0.1, 0.15) is 11.3 Å². The number of nitrogens with zero attached hydrogens (tertiary/aromatic N) is 1.